The lowest BCUT2D eigenvalue weighted by molar-refractivity contribution is 0.100. The third-order valence-corrected chi connectivity index (χ3v) is 3.73. The summed E-state index contributed by atoms with van der Waals surface area (Å²) in [7, 11) is 2.15. The Morgan fingerprint density at radius 3 is 2.19 bits per heavy atom. The molecule has 16 heavy (non-hydrogen) atoms. The molecule has 1 aromatic carbocycles. The molecule has 0 spiro atoms. The lowest BCUT2D eigenvalue weighted by atomic mass is 9.74. The number of likely N-dealkylation sites (N-methyl/N-ethyl adjacent to an activating group) is 1. The first-order valence-corrected chi connectivity index (χ1v) is 6.06. The van der Waals surface area contributed by atoms with E-state index >= 15 is 0 Å². The van der Waals surface area contributed by atoms with Crippen LogP contribution in [0.15, 0.2) is 24.3 Å². The predicted octanol–water partition coefficient (Wildman–Crippen LogP) is 1.95. The number of hydrogen-bond acceptors (Lipinski definition) is 2. The average molecular weight is 218 g/mol. The Morgan fingerprint density at radius 1 is 1.25 bits per heavy atom. The van der Waals surface area contributed by atoms with Gasteiger partial charge in [-0.05, 0) is 24.1 Å². The molecule has 1 aliphatic rings. The predicted molar refractivity (Wildman–Crippen MR) is 68.8 cm³/mol. The summed E-state index contributed by atoms with van der Waals surface area (Å²) in [5.74, 6) is 0.604. The minimum atomic E-state index is 0.213. The molecule has 2 nitrogen and oxygen atoms in total. The second kappa shape index (κ2) is 4.19. The van der Waals surface area contributed by atoms with E-state index in [1.807, 2.05) is 0 Å². The van der Waals surface area contributed by atoms with Crippen LogP contribution < -0.4 is 5.73 Å². The van der Waals surface area contributed by atoms with Crippen molar-refractivity contribution in [2.45, 2.75) is 25.2 Å². The second-order valence-electron chi connectivity index (χ2n) is 5.43. The maximum absolute atomic E-state index is 5.93. The number of benzene rings is 1. The molecule has 0 aromatic heterocycles. The Labute approximate surface area is 98.4 Å². The number of nitrogens with zero attached hydrogens (tertiary/aromatic N) is 1. The van der Waals surface area contributed by atoms with E-state index in [-0.39, 0.29) is 5.41 Å². The molecule has 1 fully saturated rings. The van der Waals surface area contributed by atoms with Crippen molar-refractivity contribution in [3.8, 4) is 0 Å². The highest BCUT2D eigenvalue weighted by molar-refractivity contribution is 5.34. The molecule has 2 heteroatoms. The molecule has 0 aliphatic carbocycles. The Hall–Kier alpha value is -0.860. The zero-order valence-corrected chi connectivity index (χ0v) is 10.5. The molecule has 1 aliphatic heterocycles. The third kappa shape index (κ3) is 1.87. The first-order chi connectivity index (χ1) is 7.57. The largest absolute Gasteiger partial charge is 0.329 e. The summed E-state index contributed by atoms with van der Waals surface area (Å²) in [5, 5.41) is 0. The molecule has 1 heterocycles. The van der Waals surface area contributed by atoms with Gasteiger partial charge in [0.1, 0.15) is 0 Å². The fraction of sp³-hybridized carbons (Fsp3) is 0.571. The van der Waals surface area contributed by atoms with E-state index in [0.29, 0.717) is 5.92 Å². The summed E-state index contributed by atoms with van der Waals surface area (Å²) in [5.41, 5.74) is 8.95. The fourth-order valence-electron chi connectivity index (χ4n) is 2.64. The summed E-state index contributed by atoms with van der Waals surface area (Å²) in [6.07, 6.45) is 0. The standard InChI is InChI=1S/C14H22N2/c1-11(2)12-4-6-13(7-5-12)14(8-15)9-16(3)10-14/h4-7,11H,8-10,15H2,1-3H3. The van der Waals surface area contributed by atoms with Gasteiger partial charge in [-0.15, -0.1) is 0 Å². The van der Waals surface area contributed by atoms with Crippen molar-refractivity contribution in [3.05, 3.63) is 35.4 Å². The highest BCUT2D eigenvalue weighted by atomic mass is 15.2. The van der Waals surface area contributed by atoms with Crippen molar-refractivity contribution in [2.24, 2.45) is 5.73 Å². The minimum absolute atomic E-state index is 0.213. The van der Waals surface area contributed by atoms with Crippen molar-refractivity contribution in [1.29, 1.82) is 0 Å². The SMILES string of the molecule is CC(C)c1ccc(C2(CN)CN(C)C2)cc1. The summed E-state index contributed by atoms with van der Waals surface area (Å²) in [4.78, 5) is 2.32. The molecule has 2 rings (SSSR count). The van der Waals surface area contributed by atoms with Crippen LogP contribution in [-0.2, 0) is 5.41 Å². The molecule has 0 radical (unpaired) electrons. The average Bonchev–Trinajstić information content (AvgIpc) is 2.24. The molecular weight excluding hydrogens is 196 g/mol. The van der Waals surface area contributed by atoms with Gasteiger partial charge >= 0.3 is 0 Å². The van der Waals surface area contributed by atoms with Crippen molar-refractivity contribution >= 4 is 0 Å². The van der Waals surface area contributed by atoms with E-state index in [4.69, 9.17) is 5.73 Å². The second-order valence-corrected chi connectivity index (χ2v) is 5.43. The minimum Gasteiger partial charge on any atom is -0.329 e. The zero-order chi connectivity index (χ0) is 11.8. The van der Waals surface area contributed by atoms with E-state index in [2.05, 4.69) is 50.1 Å². The van der Waals surface area contributed by atoms with Crippen LogP contribution in [0.25, 0.3) is 0 Å². The highest BCUT2D eigenvalue weighted by Gasteiger charge is 2.41. The lowest BCUT2D eigenvalue weighted by Gasteiger charge is -2.48. The van der Waals surface area contributed by atoms with Gasteiger partial charge in [0, 0.05) is 25.0 Å². The van der Waals surface area contributed by atoms with Crippen LogP contribution in [0.3, 0.4) is 0 Å². The van der Waals surface area contributed by atoms with E-state index in [9.17, 15) is 0 Å². The lowest BCUT2D eigenvalue weighted by Crippen LogP contribution is -2.61. The summed E-state index contributed by atoms with van der Waals surface area (Å²) in [6.45, 7) is 7.38. The summed E-state index contributed by atoms with van der Waals surface area (Å²) >= 11 is 0. The number of rotatable bonds is 3. The van der Waals surface area contributed by atoms with Gasteiger partial charge in [-0.3, -0.25) is 0 Å². The van der Waals surface area contributed by atoms with Crippen LogP contribution >= 0.6 is 0 Å². The van der Waals surface area contributed by atoms with Crippen LogP contribution in [0.2, 0.25) is 0 Å². The van der Waals surface area contributed by atoms with E-state index < -0.39 is 0 Å². The van der Waals surface area contributed by atoms with Crippen molar-refractivity contribution in [2.75, 3.05) is 26.7 Å². The molecule has 1 saturated heterocycles. The van der Waals surface area contributed by atoms with Crippen molar-refractivity contribution in [1.82, 2.24) is 4.90 Å². The van der Waals surface area contributed by atoms with Gasteiger partial charge in [-0.25, -0.2) is 0 Å². The van der Waals surface area contributed by atoms with Gasteiger partial charge in [0.2, 0.25) is 0 Å². The van der Waals surface area contributed by atoms with Gasteiger partial charge in [-0.1, -0.05) is 38.1 Å². The molecular formula is C14H22N2. The molecule has 0 amide bonds. The smallest absolute Gasteiger partial charge is 0.0329 e. The highest BCUT2D eigenvalue weighted by Crippen LogP contribution is 2.33. The Morgan fingerprint density at radius 2 is 1.81 bits per heavy atom. The van der Waals surface area contributed by atoms with Crippen LogP contribution in [-0.4, -0.2) is 31.6 Å². The summed E-state index contributed by atoms with van der Waals surface area (Å²) in [6, 6.07) is 9.01. The molecule has 0 bridgehead atoms. The van der Waals surface area contributed by atoms with Gasteiger partial charge in [0.25, 0.3) is 0 Å². The summed E-state index contributed by atoms with van der Waals surface area (Å²) < 4.78 is 0. The molecule has 0 atom stereocenters. The van der Waals surface area contributed by atoms with Crippen LogP contribution in [0.4, 0.5) is 0 Å². The Balaban J connectivity index is 2.21. The van der Waals surface area contributed by atoms with E-state index in [0.717, 1.165) is 19.6 Å². The fourth-order valence-corrected chi connectivity index (χ4v) is 2.64. The topological polar surface area (TPSA) is 29.3 Å². The third-order valence-electron chi connectivity index (χ3n) is 3.73. The first kappa shape index (κ1) is 11.6. The molecule has 2 N–H and O–H groups in total. The number of likely N-dealkylation sites (tertiary alicyclic amines) is 1. The van der Waals surface area contributed by atoms with E-state index in [1.54, 1.807) is 0 Å². The van der Waals surface area contributed by atoms with Gasteiger partial charge in [0.15, 0.2) is 0 Å². The number of hydrogen-bond donors (Lipinski definition) is 1. The number of nitrogens with two attached hydrogens (primary N) is 1. The molecule has 0 unspecified atom stereocenters. The zero-order valence-electron chi connectivity index (χ0n) is 10.5. The maximum atomic E-state index is 5.93. The monoisotopic (exact) mass is 218 g/mol. The van der Waals surface area contributed by atoms with E-state index in [1.165, 1.54) is 11.1 Å². The maximum Gasteiger partial charge on any atom is 0.0329 e. The Kier molecular flexibility index (Phi) is 3.04. The molecule has 88 valence electrons. The molecule has 1 aromatic rings. The molecule has 0 saturated carbocycles. The van der Waals surface area contributed by atoms with Crippen LogP contribution in [0.1, 0.15) is 30.9 Å². The van der Waals surface area contributed by atoms with Crippen molar-refractivity contribution < 1.29 is 0 Å². The van der Waals surface area contributed by atoms with Crippen LogP contribution in [0, 0.1) is 0 Å². The van der Waals surface area contributed by atoms with Gasteiger partial charge < -0.3 is 10.6 Å². The normalized spacial score (nSPS) is 19.8. The van der Waals surface area contributed by atoms with Gasteiger partial charge in [-0.2, -0.15) is 0 Å². The quantitative estimate of drug-likeness (QED) is 0.840. The van der Waals surface area contributed by atoms with Gasteiger partial charge in [0.05, 0.1) is 0 Å². The van der Waals surface area contributed by atoms with Crippen molar-refractivity contribution in [3.63, 3.8) is 0 Å². The Bertz CT molecular complexity index is 348. The first-order valence-electron chi connectivity index (χ1n) is 6.06. The van der Waals surface area contributed by atoms with Crippen LogP contribution in [0.5, 0.6) is 0 Å².